The highest BCUT2D eigenvalue weighted by Crippen LogP contribution is 2.52. The fraction of sp³-hybridized carbons (Fsp3) is 0.714. The zero-order valence-corrected chi connectivity index (χ0v) is 10.6. The van der Waals surface area contributed by atoms with E-state index in [1.54, 1.807) is 0 Å². The van der Waals surface area contributed by atoms with Gasteiger partial charge in [0.05, 0.1) is 18.6 Å². The van der Waals surface area contributed by atoms with E-state index in [0.717, 1.165) is 25.7 Å². The fourth-order valence-corrected chi connectivity index (χ4v) is 4.34. The number of carbonyl (C=O) groups is 2. The molecular formula is C14H17NO4. The summed E-state index contributed by atoms with van der Waals surface area (Å²) < 4.78 is 5.86. The van der Waals surface area contributed by atoms with Crippen LogP contribution >= 0.6 is 0 Å². The first-order chi connectivity index (χ1) is 9.12. The number of ether oxygens (including phenoxy) is 1. The van der Waals surface area contributed by atoms with Crippen molar-refractivity contribution in [2.24, 2.45) is 11.8 Å². The molecule has 19 heavy (non-hydrogen) atoms. The molecule has 1 amide bonds. The topological polar surface area (TPSA) is 66.8 Å². The van der Waals surface area contributed by atoms with E-state index in [-0.39, 0.29) is 11.9 Å². The molecule has 2 saturated heterocycles. The second-order valence-electron chi connectivity index (χ2n) is 6.14. The molecule has 1 N–H and O–H groups in total. The molecule has 2 unspecified atom stereocenters. The maximum atomic E-state index is 12.6. The van der Waals surface area contributed by atoms with Crippen LogP contribution in [0.5, 0.6) is 0 Å². The lowest BCUT2D eigenvalue weighted by molar-refractivity contribution is -0.148. The van der Waals surface area contributed by atoms with Crippen LogP contribution in [-0.4, -0.2) is 46.2 Å². The Balaban J connectivity index is 1.69. The zero-order valence-electron chi connectivity index (χ0n) is 10.6. The van der Waals surface area contributed by atoms with Crippen LogP contribution in [0.1, 0.15) is 25.7 Å². The number of nitrogens with zero attached hydrogens (tertiary/aromatic N) is 1. The molecule has 3 aliphatic heterocycles. The molecular weight excluding hydrogens is 246 g/mol. The Morgan fingerprint density at radius 3 is 2.84 bits per heavy atom. The minimum Gasteiger partial charge on any atom is -0.481 e. The van der Waals surface area contributed by atoms with Crippen molar-refractivity contribution in [3.8, 4) is 0 Å². The SMILES string of the molecule is O=C(O)C1C2C(=O)N(C3CCCC3)C[C@@]23C=C[C@@H]1O3. The highest BCUT2D eigenvalue weighted by Gasteiger charge is 2.67. The van der Waals surface area contributed by atoms with Crippen LogP contribution in [0.2, 0.25) is 0 Å². The summed E-state index contributed by atoms with van der Waals surface area (Å²) >= 11 is 0. The molecule has 4 rings (SSSR count). The van der Waals surface area contributed by atoms with Gasteiger partial charge in [-0.1, -0.05) is 25.0 Å². The summed E-state index contributed by atoms with van der Waals surface area (Å²) in [4.78, 5) is 25.9. The molecule has 5 nitrogen and oxygen atoms in total. The van der Waals surface area contributed by atoms with Crippen LogP contribution in [-0.2, 0) is 14.3 Å². The lowest BCUT2D eigenvalue weighted by Crippen LogP contribution is -2.40. The van der Waals surface area contributed by atoms with Gasteiger partial charge in [-0.2, -0.15) is 0 Å². The maximum absolute atomic E-state index is 12.6. The molecule has 102 valence electrons. The van der Waals surface area contributed by atoms with E-state index in [4.69, 9.17) is 4.74 Å². The largest absolute Gasteiger partial charge is 0.481 e. The van der Waals surface area contributed by atoms with Crippen LogP contribution in [0.4, 0.5) is 0 Å². The highest BCUT2D eigenvalue weighted by molar-refractivity contribution is 5.91. The van der Waals surface area contributed by atoms with E-state index in [9.17, 15) is 14.7 Å². The van der Waals surface area contributed by atoms with Gasteiger partial charge in [-0.3, -0.25) is 9.59 Å². The monoisotopic (exact) mass is 263 g/mol. The predicted molar refractivity (Wildman–Crippen MR) is 65.3 cm³/mol. The lowest BCUT2D eigenvalue weighted by atomic mass is 9.77. The molecule has 0 aromatic carbocycles. The highest BCUT2D eigenvalue weighted by atomic mass is 16.5. The van der Waals surface area contributed by atoms with Gasteiger partial charge in [-0.05, 0) is 12.8 Å². The summed E-state index contributed by atoms with van der Waals surface area (Å²) in [7, 11) is 0. The van der Waals surface area contributed by atoms with Crippen LogP contribution in [0.3, 0.4) is 0 Å². The molecule has 3 heterocycles. The second kappa shape index (κ2) is 3.60. The first-order valence-electron chi connectivity index (χ1n) is 7.03. The number of rotatable bonds is 2. The quantitative estimate of drug-likeness (QED) is 0.748. The summed E-state index contributed by atoms with van der Waals surface area (Å²) in [6, 6.07) is 0.290. The maximum Gasteiger partial charge on any atom is 0.310 e. The lowest BCUT2D eigenvalue weighted by Gasteiger charge is -2.26. The van der Waals surface area contributed by atoms with Crippen molar-refractivity contribution in [2.75, 3.05) is 6.54 Å². The van der Waals surface area contributed by atoms with Crippen molar-refractivity contribution in [1.29, 1.82) is 0 Å². The molecule has 5 heteroatoms. The van der Waals surface area contributed by atoms with Crippen LogP contribution < -0.4 is 0 Å². The normalized spacial score (nSPS) is 44.3. The number of aliphatic carboxylic acids is 1. The Morgan fingerprint density at radius 2 is 2.16 bits per heavy atom. The molecule has 0 aromatic heterocycles. The van der Waals surface area contributed by atoms with Crippen molar-refractivity contribution in [1.82, 2.24) is 4.90 Å². The van der Waals surface area contributed by atoms with Gasteiger partial charge in [0.2, 0.25) is 5.91 Å². The van der Waals surface area contributed by atoms with E-state index in [1.165, 1.54) is 0 Å². The molecule has 4 atom stereocenters. The van der Waals surface area contributed by atoms with Gasteiger partial charge in [0.25, 0.3) is 0 Å². The molecule has 1 spiro atoms. The standard InChI is InChI=1S/C14H17NO4/c16-12-11-10(13(17)18)9-5-6-14(11,19-9)7-15(12)8-3-1-2-4-8/h5-6,8-11H,1-4,7H2,(H,17,18)/t9-,10?,11?,14-/m0/s1. The van der Waals surface area contributed by atoms with E-state index < -0.39 is 29.5 Å². The molecule has 4 aliphatic rings. The van der Waals surface area contributed by atoms with Crippen molar-refractivity contribution in [3.05, 3.63) is 12.2 Å². The fourth-order valence-electron chi connectivity index (χ4n) is 4.34. The Kier molecular flexibility index (Phi) is 2.17. The van der Waals surface area contributed by atoms with Gasteiger partial charge in [-0.15, -0.1) is 0 Å². The van der Waals surface area contributed by atoms with Crippen LogP contribution in [0.15, 0.2) is 12.2 Å². The number of likely N-dealkylation sites (tertiary alicyclic amines) is 1. The van der Waals surface area contributed by atoms with E-state index >= 15 is 0 Å². The average Bonchev–Trinajstić information content (AvgIpc) is 3.09. The predicted octanol–water partition coefficient (Wildman–Crippen LogP) is 0.796. The number of carbonyl (C=O) groups excluding carboxylic acids is 1. The van der Waals surface area contributed by atoms with Gasteiger partial charge >= 0.3 is 5.97 Å². The smallest absolute Gasteiger partial charge is 0.310 e. The van der Waals surface area contributed by atoms with Crippen LogP contribution in [0, 0.1) is 11.8 Å². The number of amides is 1. The minimum absolute atomic E-state index is 0.00819. The molecule has 0 radical (unpaired) electrons. The Bertz CT molecular complexity index is 482. The molecule has 1 aliphatic carbocycles. The van der Waals surface area contributed by atoms with Gasteiger partial charge in [0, 0.05) is 6.04 Å². The Hall–Kier alpha value is -1.36. The van der Waals surface area contributed by atoms with Gasteiger partial charge in [-0.25, -0.2) is 0 Å². The molecule has 1 saturated carbocycles. The van der Waals surface area contributed by atoms with Crippen molar-refractivity contribution in [2.45, 2.75) is 43.4 Å². The third kappa shape index (κ3) is 1.34. The van der Waals surface area contributed by atoms with E-state index in [2.05, 4.69) is 0 Å². The van der Waals surface area contributed by atoms with Crippen molar-refractivity contribution < 1.29 is 19.4 Å². The molecule has 2 bridgehead atoms. The number of hydrogen-bond donors (Lipinski definition) is 1. The third-order valence-electron chi connectivity index (χ3n) is 5.18. The minimum atomic E-state index is -0.914. The Labute approximate surface area is 111 Å². The van der Waals surface area contributed by atoms with Gasteiger partial charge in [0.1, 0.15) is 11.5 Å². The van der Waals surface area contributed by atoms with Crippen molar-refractivity contribution >= 4 is 11.9 Å². The summed E-state index contributed by atoms with van der Waals surface area (Å²) in [6.45, 7) is 0.540. The zero-order chi connectivity index (χ0) is 13.2. The second-order valence-corrected chi connectivity index (χ2v) is 6.14. The first kappa shape index (κ1) is 11.5. The average molecular weight is 263 g/mol. The number of carboxylic acid groups (broad SMARTS) is 1. The number of carboxylic acids is 1. The summed E-state index contributed by atoms with van der Waals surface area (Å²) in [6.07, 6.45) is 7.73. The summed E-state index contributed by atoms with van der Waals surface area (Å²) in [5.74, 6) is -2.14. The summed E-state index contributed by atoms with van der Waals surface area (Å²) in [5.41, 5.74) is -0.659. The van der Waals surface area contributed by atoms with Gasteiger partial charge in [0.15, 0.2) is 0 Å². The number of hydrogen-bond acceptors (Lipinski definition) is 3. The molecule has 0 aromatic rings. The van der Waals surface area contributed by atoms with E-state index in [1.807, 2.05) is 17.1 Å². The molecule has 3 fully saturated rings. The first-order valence-corrected chi connectivity index (χ1v) is 7.03. The van der Waals surface area contributed by atoms with Crippen molar-refractivity contribution in [3.63, 3.8) is 0 Å². The van der Waals surface area contributed by atoms with E-state index in [0.29, 0.717) is 6.54 Å². The van der Waals surface area contributed by atoms with Gasteiger partial charge < -0.3 is 14.7 Å². The number of fused-ring (bicyclic) bond motifs is 1. The summed E-state index contributed by atoms with van der Waals surface area (Å²) in [5, 5.41) is 9.36. The van der Waals surface area contributed by atoms with Crippen LogP contribution in [0.25, 0.3) is 0 Å². The third-order valence-corrected chi connectivity index (χ3v) is 5.18. The Morgan fingerprint density at radius 1 is 1.42 bits per heavy atom.